The lowest BCUT2D eigenvalue weighted by Gasteiger charge is -2.05. The topological polar surface area (TPSA) is 87.0 Å². The fourth-order valence-corrected chi connectivity index (χ4v) is 4.76. The lowest BCUT2D eigenvalue weighted by Crippen LogP contribution is -2.22. The molecule has 0 aliphatic carbocycles. The maximum Gasteiger partial charge on any atom is 0.338 e. The lowest BCUT2D eigenvalue weighted by atomic mass is 10.2. The molecule has 28 heavy (non-hydrogen) atoms. The van der Waals surface area contributed by atoms with Crippen molar-refractivity contribution in [1.82, 2.24) is 4.57 Å². The van der Waals surface area contributed by atoms with Crippen LogP contribution in [0, 0.1) is 0 Å². The van der Waals surface area contributed by atoms with Gasteiger partial charge in [-0.25, -0.2) is 4.79 Å². The van der Waals surface area contributed by atoms with Crippen LogP contribution >= 0.6 is 38.6 Å². The number of methoxy groups -OCH3 is 1. The second kappa shape index (κ2) is 8.80. The van der Waals surface area contributed by atoms with Crippen LogP contribution < -0.4 is 4.80 Å². The molecule has 1 aromatic carbocycles. The van der Waals surface area contributed by atoms with Crippen LogP contribution in [-0.4, -0.2) is 36.1 Å². The lowest BCUT2D eigenvalue weighted by molar-refractivity contribution is -0.141. The Morgan fingerprint density at radius 3 is 2.61 bits per heavy atom. The molecule has 2 aromatic heterocycles. The monoisotopic (exact) mass is 482 g/mol. The van der Waals surface area contributed by atoms with Gasteiger partial charge in [0.1, 0.15) is 6.54 Å². The minimum Gasteiger partial charge on any atom is -0.468 e. The first-order valence-electron chi connectivity index (χ1n) is 8.14. The number of carbonyl (C=O) groups is 3. The third-order valence-electron chi connectivity index (χ3n) is 3.69. The van der Waals surface area contributed by atoms with Gasteiger partial charge in [-0.2, -0.15) is 4.99 Å². The Morgan fingerprint density at radius 1 is 1.18 bits per heavy atom. The van der Waals surface area contributed by atoms with Gasteiger partial charge in [0.05, 0.1) is 38.2 Å². The number of carbonyl (C=O) groups excluding carboxylic acids is 3. The van der Waals surface area contributed by atoms with Gasteiger partial charge in [0.15, 0.2) is 4.80 Å². The maximum absolute atomic E-state index is 12.5. The van der Waals surface area contributed by atoms with Crippen molar-refractivity contribution >= 4 is 66.7 Å². The quantitative estimate of drug-likeness (QED) is 0.518. The van der Waals surface area contributed by atoms with Crippen molar-refractivity contribution in [2.75, 3.05) is 13.7 Å². The summed E-state index contributed by atoms with van der Waals surface area (Å²) in [5.41, 5.74) is 1.06. The second-order valence-corrected chi connectivity index (χ2v) is 8.94. The van der Waals surface area contributed by atoms with Gasteiger partial charge < -0.3 is 14.0 Å². The van der Waals surface area contributed by atoms with Gasteiger partial charge in [-0.3, -0.25) is 9.59 Å². The van der Waals surface area contributed by atoms with E-state index in [0.29, 0.717) is 25.5 Å². The van der Waals surface area contributed by atoms with Crippen molar-refractivity contribution in [1.29, 1.82) is 0 Å². The van der Waals surface area contributed by atoms with Crippen LogP contribution in [0.1, 0.15) is 27.0 Å². The number of aromatic nitrogens is 1. The molecule has 0 saturated carbocycles. The maximum atomic E-state index is 12.5. The van der Waals surface area contributed by atoms with Crippen molar-refractivity contribution in [3.63, 3.8) is 0 Å². The molecule has 0 fully saturated rings. The molecular weight excluding hydrogens is 468 g/mol. The molecule has 0 aliphatic heterocycles. The summed E-state index contributed by atoms with van der Waals surface area (Å²) in [6.45, 7) is 1.90. The van der Waals surface area contributed by atoms with Crippen molar-refractivity contribution < 1.29 is 23.9 Å². The molecule has 3 aromatic rings. The number of rotatable bonds is 5. The highest BCUT2D eigenvalue weighted by atomic mass is 79.9. The van der Waals surface area contributed by atoms with E-state index in [0.717, 1.165) is 3.79 Å². The third-order valence-corrected chi connectivity index (χ3v) is 6.34. The zero-order valence-corrected chi connectivity index (χ0v) is 18.2. The summed E-state index contributed by atoms with van der Waals surface area (Å²) in [5, 5.41) is 0. The van der Waals surface area contributed by atoms with Crippen LogP contribution in [0.15, 0.2) is 39.1 Å². The summed E-state index contributed by atoms with van der Waals surface area (Å²) in [6.07, 6.45) is 0. The number of amides is 1. The van der Waals surface area contributed by atoms with Gasteiger partial charge in [0.25, 0.3) is 5.91 Å². The molecule has 1 amide bonds. The van der Waals surface area contributed by atoms with Gasteiger partial charge in [0, 0.05) is 0 Å². The molecule has 2 heterocycles. The van der Waals surface area contributed by atoms with Crippen molar-refractivity contribution in [2.45, 2.75) is 13.5 Å². The van der Waals surface area contributed by atoms with Crippen LogP contribution in [0.2, 0.25) is 0 Å². The van der Waals surface area contributed by atoms with Gasteiger partial charge in [-0.15, -0.1) is 11.3 Å². The highest BCUT2D eigenvalue weighted by Crippen LogP contribution is 2.23. The highest BCUT2D eigenvalue weighted by molar-refractivity contribution is 9.11. The van der Waals surface area contributed by atoms with Gasteiger partial charge in [0.2, 0.25) is 0 Å². The first kappa shape index (κ1) is 20.4. The van der Waals surface area contributed by atoms with Crippen LogP contribution in [0.3, 0.4) is 0 Å². The molecule has 0 bridgehead atoms. The molecule has 0 aliphatic rings. The fraction of sp³-hybridized carbons (Fsp3) is 0.222. The van der Waals surface area contributed by atoms with Gasteiger partial charge in [-0.1, -0.05) is 11.3 Å². The van der Waals surface area contributed by atoms with Crippen LogP contribution in [-0.2, 0) is 20.8 Å². The Kier molecular flexibility index (Phi) is 6.42. The van der Waals surface area contributed by atoms with Gasteiger partial charge in [-0.05, 0) is 53.2 Å². The number of ether oxygens (including phenoxy) is 2. The molecule has 0 radical (unpaired) electrons. The van der Waals surface area contributed by atoms with E-state index < -0.39 is 17.8 Å². The number of fused-ring (bicyclic) bond motifs is 1. The minimum absolute atomic E-state index is 0.102. The average molecular weight is 483 g/mol. The summed E-state index contributed by atoms with van der Waals surface area (Å²) in [5.74, 6) is -1.32. The number of thiazole rings is 1. The molecule has 0 atom stereocenters. The second-order valence-electron chi connectivity index (χ2n) is 5.47. The number of nitrogens with zero attached hydrogens (tertiary/aromatic N) is 2. The van der Waals surface area contributed by atoms with E-state index in [-0.39, 0.29) is 13.2 Å². The van der Waals surface area contributed by atoms with Crippen LogP contribution in [0.5, 0.6) is 0 Å². The standard InChI is InChI=1S/C18H15BrN2O5S2/c1-3-26-17(24)10-4-5-11-13(8-10)28-18(21(11)9-15(22)25-2)20-16(23)12-6-7-14(19)27-12/h4-8H,3,9H2,1-2H3. The molecule has 10 heteroatoms. The molecule has 0 N–H and O–H groups in total. The number of hydrogen-bond acceptors (Lipinski definition) is 7. The van der Waals surface area contributed by atoms with E-state index in [2.05, 4.69) is 20.9 Å². The summed E-state index contributed by atoms with van der Waals surface area (Å²) in [7, 11) is 1.29. The molecular formula is C18H15BrN2O5S2. The molecule has 146 valence electrons. The SMILES string of the molecule is CCOC(=O)c1ccc2c(c1)sc(=NC(=O)c1ccc(Br)s1)n2CC(=O)OC. The first-order valence-corrected chi connectivity index (χ1v) is 10.6. The van der Waals surface area contributed by atoms with Crippen LogP contribution in [0.4, 0.5) is 0 Å². The largest absolute Gasteiger partial charge is 0.468 e. The smallest absolute Gasteiger partial charge is 0.338 e. The molecule has 0 saturated heterocycles. The van der Waals surface area contributed by atoms with E-state index in [1.807, 2.05) is 0 Å². The molecule has 0 spiro atoms. The molecule has 7 nitrogen and oxygen atoms in total. The van der Waals surface area contributed by atoms with Crippen LogP contribution in [0.25, 0.3) is 10.2 Å². The van der Waals surface area contributed by atoms with Crippen molar-refractivity contribution in [2.24, 2.45) is 4.99 Å². The zero-order valence-electron chi connectivity index (χ0n) is 14.9. The van der Waals surface area contributed by atoms with Crippen molar-refractivity contribution in [3.8, 4) is 0 Å². The Morgan fingerprint density at radius 2 is 1.96 bits per heavy atom. The summed E-state index contributed by atoms with van der Waals surface area (Å²) in [4.78, 5) is 41.3. The Labute approximate surface area is 176 Å². The van der Waals surface area contributed by atoms with E-state index in [9.17, 15) is 14.4 Å². The number of benzene rings is 1. The van der Waals surface area contributed by atoms with E-state index in [1.165, 1.54) is 29.8 Å². The van der Waals surface area contributed by atoms with Gasteiger partial charge >= 0.3 is 11.9 Å². The first-order chi connectivity index (χ1) is 13.4. The van der Waals surface area contributed by atoms with E-state index in [1.54, 1.807) is 41.8 Å². The average Bonchev–Trinajstić information content (AvgIpc) is 3.25. The van der Waals surface area contributed by atoms with Crippen molar-refractivity contribution in [3.05, 3.63) is 49.4 Å². The molecule has 0 unspecified atom stereocenters. The summed E-state index contributed by atoms with van der Waals surface area (Å²) >= 11 is 5.80. The highest BCUT2D eigenvalue weighted by Gasteiger charge is 2.15. The third kappa shape index (κ3) is 4.40. The normalized spacial score (nSPS) is 11.6. The summed E-state index contributed by atoms with van der Waals surface area (Å²) in [6, 6.07) is 8.43. The van der Waals surface area contributed by atoms with E-state index in [4.69, 9.17) is 9.47 Å². The zero-order chi connectivity index (χ0) is 20.3. The number of esters is 2. The predicted octanol–water partition coefficient (Wildman–Crippen LogP) is 3.62. The Hall–Kier alpha value is -2.30. The fourth-order valence-electron chi connectivity index (χ4n) is 2.42. The number of hydrogen-bond donors (Lipinski definition) is 0. The summed E-state index contributed by atoms with van der Waals surface area (Å²) < 4.78 is 12.9. The number of halogens is 1. The molecule has 3 rings (SSSR count). The minimum atomic E-state index is -0.470. The predicted molar refractivity (Wildman–Crippen MR) is 110 cm³/mol. The Bertz CT molecular complexity index is 1130. The Balaban J connectivity index is 2.12. The van der Waals surface area contributed by atoms with E-state index >= 15 is 0 Å². The number of thiophene rings is 1.